The van der Waals surface area contributed by atoms with Gasteiger partial charge in [-0.25, -0.2) is 9.97 Å². The molecule has 0 bridgehead atoms. The number of carbonyl (C=O) groups is 1. The third-order valence-corrected chi connectivity index (χ3v) is 4.67. The lowest BCUT2D eigenvalue weighted by Gasteiger charge is -2.30. The van der Waals surface area contributed by atoms with Crippen LogP contribution in [0.2, 0.25) is 0 Å². The lowest BCUT2D eigenvalue weighted by atomic mass is 10.00. The Kier molecular flexibility index (Phi) is 5.78. The summed E-state index contributed by atoms with van der Waals surface area (Å²) >= 11 is 0. The molecule has 3 rings (SSSR count). The van der Waals surface area contributed by atoms with Crippen LogP contribution in [0.4, 0.5) is 11.5 Å². The molecule has 1 aromatic heterocycles. The smallest absolute Gasteiger partial charge is 0.272 e. The van der Waals surface area contributed by atoms with Crippen molar-refractivity contribution in [2.45, 2.75) is 26.7 Å². The van der Waals surface area contributed by atoms with E-state index in [0.29, 0.717) is 34.8 Å². The third kappa shape index (κ3) is 4.48. The summed E-state index contributed by atoms with van der Waals surface area (Å²) in [5.41, 5.74) is 1.15. The minimum atomic E-state index is -0.0446. The molecule has 1 amide bonds. The lowest BCUT2D eigenvalue weighted by molar-refractivity contribution is 0.0676. The second-order valence-electron chi connectivity index (χ2n) is 6.88. The first-order chi connectivity index (χ1) is 13.0. The highest BCUT2D eigenvalue weighted by molar-refractivity contribution is 5.93. The number of aryl methyl sites for hydroxylation is 1. The highest BCUT2D eigenvalue weighted by Gasteiger charge is 2.23. The Bertz CT molecular complexity index is 825. The molecule has 0 saturated carbocycles. The van der Waals surface area contributed by atoms with E-state index in [2.05, 4.69) is 22.2 Å². The van der Waals surface area contributed by atoms with Crippen molar-refractivity contribution in [1.29, 1.82) is 0 Å². The van der Waals surface area contributed by atoms with E-state index < -0.39 is 0 Å². The van der Waals surface area contributed by atoms with Gasteiger partial charge in [0.25, 0.3) is 5.91 Å². The number of amides is 1. The molecule has 1 saturated heterocycles. The van der Waals surface area contributed by atoms with Crippen LogP contribution in [0.25, 0.3) is 0 Å². The molecular formula is C20H26N4O3. The summed E-state index contributed by atoms with van der Waals surface area (Å²) in [5.74, 6) is 2.90. The molecule has 2 aromatic rings. The second-order valence-corrected chi connectivity index (χ2v) is 6.88. The van der Waals surface area contributed by atoms with E-state index in [1.54, 1.807) is 33.3 Å². The standard InChI is InChI=1S/C20H26N4O3/c1-13-6-5-9-24(12-13)20(25)17-11-19(22-14(2)21-17)23-16-8-7-15(26-3)10-18(16)27-4/h7-8,10-11,13H,5-6,9,12H2,1-4H3,(H,21,22,23). The third-order valence-electron chi connectivity index (χ3n) is 4.67. The number of anilines is 2. The van der Waals surface area contributed by atoms with Gasteiger partial charge >= 0.3 is 0 Å². The van der Waals surface area contributed by atoms with Gasteiger partial charge in [-0.05, 0) is 37.8 Å². The number of hydrogen-bond acceptors (Lipinski definition) is 6. The molecule has 1 aromatic carbocycles. The summed E-state index contributed by atoms with van der Waals surface area (Å²) in [6, 6.07) is 7.17. The van der Waals surface area contributed by atoms with Crippen LogP contribution in [0.5, 0.6) is 11.5 Å². The molecule has 1 atom stereocenters. The van der Waals surface area contributed by atoms with Crippen molar-refractivity contribution in [3.05, 3.63) is 35.8 Å². The number of nitrogens with one attached hydrogen (secondary N) is 1. The van der Waals surface area contributed by atoms with Gasteiger partial charge in [-0.3, -0.25) is 4.79 Å². The number of benzene rings is 1. The monoisotopic (exact) mass is 370 g/mol. The van der Waals surface area contributed by atoms with E-state index in [1.165, 1.54) is 0 Å². The predicted molar refractivity (Wildman–Crippen MR) is 104 cm³/mol. The molecule has 0 spiro atoms. The molecule has 0 aliphatic carbocycles. The fraction of sp³-hybridized carbons (Fsp3) is 0.450. The maximum absolute atomic E-state index is 12.9. The number of likely N-dealkylation sites (tertiary alicyclic amines) is 1. The number of rotatable bonds is 5. The molecule has 2 heterocycles. The van der Waals surface area contributed by atoms with E-state index in [1.807, 2.05) is 17.0 Å². The molecule has 7 heteroatoms. The summed E-state index contributed by atoms with van der Waals surface area (Å²) in [5, 5.41) is 3.22. The summed E-state index contributed by atoms with van der Waals surface area (Å²) in [4.78, 5) is 23.5. The number of methoxy groups -OCH3 is 2. The van der Waals surface area contributed by atoms with Crippen molar-refractivity contribution in [2.75, 3.05) is 32.6 Å². The molecule has 1 unspecified atom stereocenters. The van der Waals surface area contributed by atoms with Gasteiger partial charge < -0.3 is 19.7 Å². The van der Waals surface area contributed by atoms with Gasteiger partial charge in [0.05, 0.1) is 19.9 Å². The topological polar surface area (TPSA) is 76.6 Å². The fourth-order valence-electron chi connectivity index (χ4n) is 3.32. The maximum atomic E-state index is 12.9. The summed E-state index contributed by atoms with van der Waals surface area (Å²) < 4.78 is 10.6. The molecule has 27 heavy (non-hydrogen) atoms. The average molecular weight is 370 g/mol. The van der Waals surface area contributed by atoms with E-state index >= 15 is 0 Å². The quantitative estimate of drug-likeness (QED) is 0.869. The average Bonchev–Trinajstić information content (AvgIpc) is 2.67. The Morgan fingerprint density at radius 1 is 1.22 bits per heavy atom. The Morgan fingerprint density at radius 3 is 2.74 bits per heavy atom. The van der Waals surface area contributed by atoms with E-state index in [4.69, 9.17) is 9.47 Å². The largest absolute Gasteiger partial charge is 0.497 e. The molecule has 1 fully saturated rings. The van der Waals surface area contributed by atoms with Gasteiger partial charge in [0.15, 0.2) is 0 Å². The van der Waals surface area contributed by atoms with Gasteiger partial charge in [0.2, 0.25) is 0 Å². The van der Waals surface area contributed by atoms with Crippen LogP contribution in [0.1, 0.15) is 36.1 Å². The molecular weight excluding hydrogens is 344 g/mol. The zero-order chi connectivity index (χ0) is 19.4. The minimum Gasteiger partial charge on any atom is -0.497 e. The molecule has 1 N–H and O–H groups in total. The van der Waals surface area contributed by atoms with Crippen molar-refractivity contribution in [1.82, 2.24) is 14.9 Å². The van der Waals surface area contributed by atoms with Crippen molar-refractivity contribution < 1.29 is 14.3 Å². The number of ether oxygens (including phenoxy) is 2. The predicted octanol–water partition coefficient (Wildman–Crippen LogP) is 3.42. The molecule has 144 valence electrons. The first-order valence-corrected chi connectivity index (χ1v) is 9.14. The van der Waals surface area contributed by atoms with Crippen molar-refractivity contribution in [2.24, 2.45) is 5.92 Å². The molecule has 7 nitrogen and oxygen atoms in total. The van der Waals surface area contributed by atoms with Crippen molar-refractivity contribution in [3.63, 3.8) is 0 Å². The Balaban J connectivity index is 1.84. The van der Waals surface area contributed by atoms with Crippen LogP contribution in [0, 0.1) is 12.8 Å². The van der Waals surface area contributed by atoms with Crippen molar-refractivity contribution in [3.8, 4) is 11.5 Å². The summed E-state index contributed by atoms with van der Waals surface area (Å²) in [6.07, 6.45) is 2.20. The molecule has 1 aliphatic heterocycles. The SMILES string of the molecule is COc1ccc(Nc2cc(C(=O)N3CCCC(C)C3)nc(C)n2)c(OC)c1. The lowest BCUT2D eigenvalue weighted by Crippen LogP contribution is -2.39. The van der Waals surface area contributed by atoms with Gasteiger partial charge in [0, 0.05) is 25.2 Å². The van der Waals surface area contributed by atoms with Crippen LogP contribution < -0.4 is 14.8 Å². The normalized spacial score (nSPS) is 16.7. The van der Waals surface area contributed by atoms with Crippen LogP contribution in [0.3, 0.4) is 0 Å². The Labute approximate surface area is 159 Å². The second kappa shape index (κ2) is 8.24. The van der Waals surface area contributed by atoms with Gasteiger partial charge in [0.1, 0.15) is 28.8 Å². The van der Waals surface area contributed by atoms with Gasteiger partial charge in [-0.2, -0.15) is 0 Å². The van der Waals surface area contributed by atoms with Gasteiger partial charge in [-0.15, -0.1) is 0 Å². The minimum absolute atomic E-state index is 0.0446. The van der Waals surface area contributed by atoms with E-state index in [9.17, 15) is 4.79 Å². The zero-order valence-corrected chi connectivity index (χ0v) is 16.3. The molecule has 1 aliphatic rings. The highest BCUT2D eigenvalue weighted by Crippen LogP contribution is 2.31. The number of hydrogen-bond donors (Lipinski definition) is 1. The van der Waals surface area contributed by atoms with Crippen molar-refractivity contribution >= 4 is 17.4 Å². The summed E-state index contributed by atoms with van der Waals surface area (Å²) in [6.45, 7) is 5.51. The first kappa shape index (κ1) is 18.9. The van der Waals surface area contributed by atoms with Gasteiger partial charge in [-0.1, -0.05) is 6.92 Å². The molecule has 0 radical (unpaired) electrons. The maximum Gasteiger partial charge on any atom is 0.272 e. The summed E-state index contributed by atoms with van der Waals surface area (Å²) in [7, 11) is 3.20. The number of piperidine rings is 1. The Morgan fingerprint density at radius 2 is 2.04 bits per heavy atom. The Hall–Kier alpha value is -2.83. The van der Waals surface area contributed by atoms with E-state index in [-0.39, 0.29) is 5.91 Å². The first-order valence-electron chi connectivity index (χ1n) is 9.14. The van der Waals surface area contributed by atoms with Crippen LogP contribution in [-0.2, 0) is 0 Å². The highest BCUT2D eigenvalue weighted by atomic mass is 16.5. The van der Waals surface area contributed by atoms with Crippen LogP contribution >= 0.6 is 0 Å². The zero-order valence-electron chi connectivity index (χ0n) is 16.3. The number of carbonyl (C=O) groups excluding carboxylic acids is 1. The van der Waals surface area contributed by atoms with E-state index in [0.717, 1.165) is 31.6 Å². The van der Waals surface area contributed by atoms with Crippen LogP contribution in [0.15, 0.2) is 24.3 Å². The van der Waals surface area contributed by atoms with Crippen LogP contribution in [-0.4, -0.2) is 48.1 Å². The fourth-order valence-corrected chi connectivity index (χ4v) is 3.32. The number of aromatic nitrogens is 2. The number of nitrogens with zero attached hydrogens (tertiary/aromatic N) is 3.